The lowest BCUT2D eigenvalue weighted by atomic mass is 10.0. The molecular weight excluding hydrogens is 355 g/mol. The molecule has 1 amide bonds. The highest BCUT2D eigenvalue weighted by atomic mass is 19.2. The quantitative estimate of drug-likeness (QED) is 0.324. The van der Waals surface area contributed by atoms with Crippen molar-refractivity contribution in [3.8, 4) is 0 Å². The molecule has 1 fully saturated rings. The summed E-state index contributed by atoms with van der Waals surface area (Å²) in [6.07, 6.45) is 2.02. The SMILES string of the molecule is C=N/C(NC1(C)CC1)=C(\C)C(C(=O)NCc1cc(F)c(F)c(F)c1)=C(C)C. The van der Waals surface area contributed by atoms with Gasteiger partial charge in [0.25, 0.3) is 5.91 Å². The summed E-state index contributed by atoms with van der Waals surface area (Å²) in [5.41, 5.74) is 1.89. The molecule has 2 rings (SSSR count). The number of nitrogens with one attached hydrogen (secondary N) is 2. The highest BCUT2D eigenvalue weighted by Gasteiger charge is 2.38. The number of nitrogens with zero attached hydrogens (tertiary/aromatic N) is 1. The zero-order valence-corrected chi connectivity index (χ0v) is 16.0. The summed E-state index contributed by atoms with van der Waals surface area (Å²) >= 11 is 0. The summed E-state index contributed by atoms with van der Waals surface area (Å²) in [6.45, 7) is 10.8. The fraction of sp³-hybridized carbons (Fsp3) is 0.400. The van der Waals surface area contributed by atoms with Gasteiger partial charge in [0, 0.05) is 23.2 Å². The average Bonchev–Trinajstić information content (AvgIpc) is 3.32. The van der Waals surface area contributed by atoms with E-state index in [4.69, 9.17) is 0 Å². The van der Waals surface area contributed by atoms with Gasteiger partial charge in [-0.05, 0) is 65.0 Å². The standard InChI is InChI=1S/C20H24F3N3O/c1-11(2)16(12(3)18(24-5)26-20(4)6-7-20)19(27)25-10-13-8-14(21)17(23)15(22)9-13/h8-9,26H,5-7,10H2,1-4H3,(H,25,27)/b18-12-. The second kappa shape index (κ2) is 7.98. The van der Waals surface area contributed by atoms with Gasteiger partial charge in [-0.1, -0.05) is 5.57 Å². The van der Waals surface area contributed by atoms with Crippen LogP contribution in [-0.2, 0) is 11.3 Å². The molecule has 27 heavy (non-hydrogen) atoms. The van der Waals surface area contributed by atoms with Gasteiger partial charge in [-0.15, -0.1) is 0 Å². The van der Waals surface area contributed by atoms with Crippen molar-refractivity contribution in [1.82, 2.24) is 10.6 Å². The van der Waals surface area contributed by atoms with Gasteiger partial charge in [-0.2, -0.15) is 0 Å². The molecule has 0 saturated heterocycles. The lowest BCUT2D eigenvalue weighted by molar-refractivity contribution is -0.117. The van der Waals surface area contributed by atoms with E-state index in [1.165, 1.54) is 0 Å². The minimum atomic E-state index is -1.53. The second-order valence-corrected chi connectivity index (χ2v) is 7.25. The summed E-state index contributed by atoms with van der Waals surface area (Å²) in [7, 11) is 0. The van der Waals surface area contributed by atoms with E-state index in [-0.39, 0.29) is 17.6 Å². The van der Waals surface area contributed by atoms with E-state index >= 15 is 0 Å². The molecule has 7 heteroatoms. The van der Waals surface area contributed by atoms with Crippen LogP contribution in [0.3, 0.4) is 0 Å². The fourth-order valence-corrected chi connectivity index (χ4v) is 2.72. The molecule has 0 aromatic heterocycles. The number of aliphatic imine (C=N–C) groups is 1. The molecule has 4 nitrogen and oxygen atoms in total. The minimum Gasteiger partial charge on any atom is -0.365 e. The van der Waals surface area contributed by atoms with Crippen LogP contribution in [0.1, 0.15) is 46.1 Å². The van der Waals surface area contributed by atoms with Crippen molar-refractivity contribution >= 4 is 12.6 Å². The van der Waals surface area contributed by atoms with Crippen molar-refractivity contribution in [3.63, 3.8) is 0 Å². The van der Waals surface area contributed by atoms with Crippen molar-refractivity contribution in [3.05, 3.63) is 57.7 Å². The van der Waals surface area contributed by atoms with E-state index in [9.17, 15) is 18.0 Å². The molecule has 0 unspecified atom stereocenters. The second-order valence-electron chi connectivity index (χ2n) is 7.25. The molecule has 146 valence electrons. The van der Waals surface area contributed by atoms with Crippen LogP contribution < -0.4 is 10.6 Å². The molecule has 0 radical (unpaired) electrons. The van der Waals surface area contributed by atoms with Crippen LogP contribution in [0.4, 0.5) is 13.2 Å². The molecule has 1 aromatic carbocycles. The van der Waals surface area contributed by atoms with Crippen molar-refractivity contribution in [2.45, 2.75) is 52.6 Å². The number of rotatable bonds is 7. The third-order valence-corrected chi connectivity index (χ3v) is 4.53. The van der Waals surface area contributed by atoms with Crippen LogP contribution in [0.25, 0.3) is 0 Å². The smallest absolute Gasteiger partial charge is 0.251 e. The molecule has 0 atom stereocenters. The van der Waals surface area contributed by atoms with Gasteiger partial charge in [-0.25, -0.2) is 18.2 Å². The maximum Gasteiger partial charge on any atom is 0.251 e. The first kappa shape index (κ1) is 20.7. The van der Waals surface area contributed by atoms with E-state index in [1.54, 1.807) is 20.8 Å². The third kappa shape index (κ3) is 4.99. The van der Waals surface area contributed by atoms with Crippen LogP contribution >= 0.6 is 0 Å². The summed E-state index contributed by atoms with van der Waals surface area (Å²) in [5.74, 6) is -4.01. The van der Waals surface area contributed by atoms with Gasteiger partial charge in [0.05, 0.1) is 0 Å². The van der Waals surface area contributed by atoms with Crippen LogP contribution in [0.5, 0.6) is 0 Å². The lowest BCUT2D eigenvalue weighted by Gasteiger charge is -2.18. The van der Waals surface area contributed by atoms with Crippen LogP contribution in [0, 0.1) is 17.5 Å². The first-order valence-electron chi connectivity index (χ1n) is 8.63. The van der Waals surface area contributed by atoms with Gasteiger partial charge in [0.1, 0.15) is 5.82 Å². The maximum absolute atomic E-state index is 13.3. The van der Waals surface area contributed by atoms with Crippen LogP contribution in [0.2, 0.25) is 0 Å². The predicted octanol–water partition coefficient (Wildman–Crippen LogP) is 4.13. The Morgan fingerprint density at radius 3 is 2.19 bits per heavy atom. The average molecular weight is 379 g/mol. The normalized spacial score (nSPS) is 15.5. The topological polar surface area (TPSA) is 53.5 Å². The minimum absolute atomic E-state index is 0.0375. The Bertz CT molecular complexity index is 812. The Morgan fingerprint density at radius 1 is 1.19 bits per heavy atom. The summed E-state index contributed by atoms with van der Waals surface area (Å²) in [6, 6.07) is 1.71. The summed E-state index contributed by atoms with van der Waals surface area (Å²) in [5, 5.41) is 5.91. The molecule has 0 heterocycles. The number of allylic oxidation sites excluding steroid dienone is 1. The molecule has 1 aliphatic carbocycles. The number of hydrogen-bond donors (Lipinski definition) is 2. The first-order chi connectivity index (χ1) is 12.6. The Balaban J connectivity index is 2.20. The molecule has 0 spiro atoms. The van der Waals surface area contributed by atoms with Gasteiger partial charge in [0.2, 0.25) is 0 Å². The van der Waals surface area contributed by atoms with Gasteiger partial charge in [-0.3, -0.25) is 4.79 Å². The van der Waals surface area contributed by atoms with E-state index in [0.29, 0.717) is 17.0 Å². The third-order valence-electron chi connectivity index (χ3n) is 4.53. The van der Waals surface area contributed by atoms with Crippen molar-refractivity contribution in [2.24, 2.45) is 4.99 Å². The zero-order valence-electron chi connectivity index (χ0n) is 16.0. The highest BCUT2D eigenvalue weighted by molar-refractivity contribution is 5.98. The molecule has 0 bridgehead atoms. The highest BCUT2D eigenvalue weighted by Crippen LogP contribution is 2.36. The number of carbonyl (C=O) groups is 1. The molecule has 1 saturated carbocycles. The Labute approximate surface area is 157 Å². The van der Waals surface area contributed by atoms with Crippen LogP contribution in [0.15, 0.2) is 39.7 Å². The number of benzene rings is 1. The van der Waals surface area contributed by atoms with Gasteiger partial charge >= 0.3 is 0 Å². The van der Waals surface area contributed by atoms with Gasteiger partial charge < -0.3 is 10.6 Å². The van der Waals surface area contributed by atoms with E-state index in [0.717, 1.165) is 30.5 Å². The largest absolute Gasteiger partial charge is 0.365 e. The number of amides is 1. The van der Waals surface area contributed by atoms with E-state index < -0.39 is 23.4 Å². The first-order valence-corrected chi connectivity index (χ1v) is 8.63. The summed E-state index contributed by atoms with van der Waals surface area (Å²) in [4.78, 5) is 16.7. The number of halogens is 3. The van der Waals surface area contributed by atoms with Gasteiger partial charge in [0.15, 0.2) is 17.5 Å². The number of hydrogen-bond acceptors (Lipinski definition) is 3. The molecule has 0 aliphatic heterocycles. The monoisotopic (exact) mass is 379 g/mol. The molecule has 1 aliphatic rings. The Hall–Kier alpha value is -2.57. The van der Waals surface area contributed by atoms with Crippen LogP contribution in [-0.4, -0.2) is 18.2 Å². The Morgan fingerprint density at radius 2 is 1.74 bits per heavy atom. The molecular formula is C20H24F3N3O. The van der Waals surface area contributed by atoms with Crippen molar-refractivity contribution in [1.29, 1.82) is 0 Å². The van der Waals surface area contributed by atoms with Crippen molar-refractivity contribution in [2.75, 3.05) is 0 Å². The van der Waals surface area contributed by atoms with Crippen molar-refractivity contribution < 1.29 is 18.0 Å². The van der Waals surface area contributed by atoms with E-state index in [2.05, 4.69) is 29.3 Å². The predicted molar refractivity (Wildman–Crippen MR) is 99.6 cm³/mol. The fourth-order valence-electron chi connectivity index (χ4n) is 2.72. The maximum atomic E-state index is 13.3. The lowest BCUT2D eigenvalue weighted by Crippen LogP contribution is -2.30. The molecule has 2 N–H and O–H groups in total. The zero-order chi connectivity index (χ0) is 20.4. The Kier molecular flexibility index (Phi) is 6.13. The number of carbonyl (C=O) groups excluding carboxylic acids is 1. The molecule has 1 aromatic rings. The van der Waals surface area contributed by atoms with E-state index in [1.807, 2.05) is 0 Å². The summed E-state index contributed by atoms with van der Waals surface area (Å²) < 4.78 is 39.7.